The van der Waals surface area contributed by atoms with Crippen LogP contribution in [0.3, 0.4) is 0 Å². The lowest BCUT2D eigenvalue weighted by molar-refractivity contribution is -0.124. The van der Waals surface area contributed by atoms with E-state index in [4.69, 9.17) is 14.2 Å². The fraction of sp³-hybridized carbons (Fsp3) is 0.632. The maximum Gasteiger partial charge on any atom is 0.254 e. The normalized spacial score (nSPS) is 27.1. The Bertz CT molecular complexity index is 628. The van der Waals surface area contributed by atoms with Crippen molar-refractivity contribution in [1.82, 2.24) is 4.90 Å². The largest absolute Gasteiger partial charge is 0.379 e. The first-order valence-electron chi connectivity index (χ1n) is 9.18. The van der Waals surface area contributed by atoms with Gasteiger partial charge in [-0.15, -0.1) is 0 Å². The average Bonchev–Trinajstić information content (AvgIpc) is 2.67. The van der Waals surface area contributed by atoms with Gasteiger partial charge >= 0.3 is 0 Å². The van der Waals surface area contributed by atoms with Gasteiger partial charge < -0.3 is 24.0 Å². The second kappa shape index (κ2) is 7.32. The molecule has 0 radical (unpaired) electrons. The SMILES string of the molecule is Cc1cc(C(=O)N2CCO[C@@H]3COCC[C@@H]32)ccc1N1CCOCC1. The Hall–Kier alpha value is -1.63. The highest BCUT2D eigenvalue weighted by Crippen LogP contribution is 2.26. The quantitative estimate of drug-likeness (QED) is 0.812. The number of anilines is 1. The predicted octanol–water partition coefficient (Wildman–Crippen LogP) is 1.46. The first kappa shape index (κ1) is 16.8. The lowest BCUT2D eigenvalue weighted by atomic mass is 10.00. The number of hydrogen-bond acceptors (Lipinski definition) is 5. The number of ether oxygens (including phenoxy) is 3. The average molecular weight is 346 g/mol. The van der Waals surface area contributed by atoms with Crippen LogP contribution in [0.25, 0.3) is 0 Å². The molecule has 0 N–H and O–H groups in total. The molecule has 136 valence electrons. The van der Waals surface area contributed by atoms with Crippen molar-refractivity contribution in [2.75, 3.05) is 57.6 Å². The van der Waals surface area contributed by atoms with Gasteiger partial charge in [-0.3, -0.25) is 4.79 Å². The molecule has 2 atom stereocenters. The number of carbonyl (C=O) groups is 1. The molecule has 0 aromatic heterocycles. The Morgan fingerprint density at radius 3 is 2.72 bits per heavy atom. The van der Waals surface area contributed by atoms with Crippen molar-refractivity contribution in [2.45, 2.75) is 25.5 Å². The molecule has 6 heteroatoms. The van der Waals surface area contributed by atoms with Gasteiger partial charge in [0.1, 0.15) is 6.10 Å². The third kappa shape index (κ3) is 3.38. The second-order valence-electron chi connectivity index (χ2n) is 6.94. The Kier molecular flexibility index (Phi) is 4.92. The summed E-state index contributed by atoms with van der Waals surface area (Å²) in [6.07, 6.45) is 0.863. The van der Waals surface area contributed by atoms with Gasteiger partial charge in [0.05, 0.1) is 32.5 Å². The molecule has 3 heterocycles. The Labute approximate surface area is 148 Å². The summed E-state index contributed by atoms with van der Waals surface area (Å²) in [6.45, 7) is 7.94. The molecule has 0 saturated carbocycles. The lowest BCUT2D eigenvalue weighted by Gasteiger charge is -2.43. The van der Waals surface area contributed by atoms with Crippen molar-refractivity contribution >= 4 is 11.6 Å². The molecule has 4 rings (SSSR count). The van der Waals surface area contributed by atoms with Gasteiger partial charge in [0.15, 0.2) is 0 Å². The Morgan fingerprint density at radius 2 is 1.92 bits per heavy atom. The molecule has 1 aromatic rings. The van der Waals surface area contributed by atoms with E-state index in [0.717, 1.165) is 43.9 Å². The van der Waals surface area contributed by atoms with Crippen molar-refractivity contribution in [3.05, 3.63) is 29.3 Å². The standard InChI is InChI=1S/C19H26N2O4/c1-14-12-15(2-3-16(14)20-5-9-23-10-6-20)19(22)21-7-11-25-18-13-24-8-4-17(18)21/h2-3,12,17-18H,4-11,13H2,1H3/t17-,18+/m0/s1. The molecule has 3 aliphatic heterocycles. The number of morpholine rings is 2. The predicted molar refractivity (Wildman–Crippen MR) is 94.2 cm³/mol. The Balaban J connectivity index is 1.52. The summed E-state index contributed by atoms with van der Waals surface area (Å²) in [4.78, 5) is 17.4. The first-order valence-corrected chi connectivity index (χ1v) is 9.18. The highest BCUT2D eigenvalue weighted by Gasteiger charge is 2.37. The van der Waals surface area contributed by atoms with Crippen molar-refractivity contribution in [3.63, 3.8) is 0 Å². The van der Waals surface area contributed by atoms with Crippen LogP contribution in [0.15, 0.2) is 18.2 Å². The molecule has 25 heavy (non-hydrogen) atoms. The molecule has 0 spiro atoms. The third-order valence-corrected chi connectivity index (χ3v) is 5.39. The zero-order chi connectivity index (χ0) is 17.2. The summed E-state index contributed by atoms with van der Waals surface area (Å²) in [5, 5.41) is 0. The van der Waals surface area contributed by atoms with E-state index in [2.05, 4.69) is 17.9 Å². The zero-order valence-corrected chi connectivity index (χ0v) is 14.8. The molecule has 1 aromatic carbocycles. The first-order chi connectivity index (χ1) is 12.2. The summed E-state index contributed by atoms with van der Waals surface area (Å²) in [5.74, 6) is 0.108. The van der Waals surface area contributed by atoms with Crippen LogP contribution in [-0.4, -0.2) is 75.6 Å². The number of fused-ring (bicyclic) bond motifs is 1. The van der Waals surface area contributed by atoms with E-state index >= 15 is 0 Å². The van der Waals surface area contributed by atoms with Crippen LogP contribution in [0, 0.1) is 6.92 Å². The van der Waals surface area contributed by atoms with E-state index in [1.807, 2.05) is 17.0 Å². The van der Waals surface area contributed by atoms with E-state index in [9.17, 15) is 4.79 Å². The van der Waals surface area contributed by atoms with Crippen LogP contribution < -0.4 is 4.90 Å². The molecular formula is C19H26N2O4. The summed E-state index contributed by atoms with van der Waals surface area (Å²) >= 11 is 0. The molecule has 0 unspecified atom stereocenters. The molecule has 3 fully saturated rings. The number of aryl methyl sites for hydroxylation is 1. The summed E-state index contributed by atoms with van der Waals surface area (Å²) in [5.41, 5.74) is 3.11. The third-order valence-electron chi connectivity index (χ3n) is 5.39. The van der Waals surface area contributed by atoms with Gasteiger partial charge in [-0.2, -0.15) is 0 Å². The van der Waals surface area contributed by atoms with Crippen LogP contribution in [0.5, 0.6) is 0 Å². The van der Waals surface area contributed by atoms with Gasteiger partial charge in [0.2, 0.25) is 0 Å². The van der Waals surface area contributed by atoms with E-state index < -0.39 is 0 Å². The van der Waals surface area contributed by atoms with Crippen molar-refractivity contribution in [1.29, 1.82) is 0 Å². The second-order valence-corrected chi connectivity index (χ2v) is 6.94. The highest BCUT2D eigenvalue weighted by molar-refractivity contribution is 5.95. The minimum Gasteiger partial charge on any atom is -0.379 e. The number of nitrogens with zero attached hydrogens (tertiary/aromatic N) is 2. The number of benzene rings is 1. The van der Waals surface area contributed by atoms with Gasteiger partial charge in [-0.05, 0) is 37.1 Å². The zero-order valence-electron chi connectivity index (χ0n) is 14.8. The van der Waals surface area contributed by atoms with Crippen molar-refractivity contribution in [3.8, 4) is 0 Å². The van der Waals surface area contributed by atoms with Gasteiger partial charge in [-0.1, -0.05) is 0 Å². The van der Waals surface area contributed by atoms with Crippen molar-refractivity contribution in [2.24, 2.45) is 0 Å². The molecule has 0 aliphatic carbocycles. The molecule has 6 nitrogen and oxygen atoms in total. The van der Waals surface area contributed by atoms with Crippen LogP contribution >= 0.6 is 0 Å². The van der Waals surface area contributed by atoms with E-state index in [0.29, 0.717) is 26.4 Å². The fourth-order valence-corrected chi connectivity index (χ4v) is 4.05. The van der Waals surface area contributed by atoms with Crippen LogP contribution in [0.4, 0.5) is 5.69 Å². The van der Waals surface area contributed by atoms with Gasteiger partial charge in [0.25, 0.3) is 5.91 Å². The minimum atomic E-state index is 0.0140. The van der Waals surface area contributed by atoms with E-state index in [1.54, 1.807) is 0 Å². The number of amides is 1. The number of hydrogen-bond donors (Lipinski definition) is 0. The molecule has 3 aliphatic rings. The molecule has 1 amide bonds. The van der Waals surface area contributed by atoms with E-state index in [1.165, 1.54) is 5.69 Å². The highest BCUT2D eigenvalue weighted by atomic mass is 16.5. The topological polar surface area (TPSA) is 51.2 Å². The van der Waals surface area contributed by atoms with Crippen molar-refractivity contribution < 1.29 is 19.0 Å². The molecule has 3 saturated heterocycles. The maximum atomic E-state index is 13.1. The molecule has 0 bridgehead atoms. The van der Waals surface area contributed by atoms with Gasteiger partial charge in [-0.25, -0.2) is 0 Å². The Morgan fingerprint density at radius 1 is 1.08 bits per heavy atom. The smallest absolute Gasteiger partial charge is 0.254 e. The van der Waals surface area contributed by atoms with Crippen LogP contribution in [-0.2, 0) is 14.2 Å². The lowest BCUT2D eigenvalue weighted by Crippen LogP contribution is -2.57. The fourth-order valence-electron chi connectivity index (χ4n) is 4.05. The summed E-state index contributed by atoms with van der Waals surface area (Å²) < 4.78 is 16.7. The number of carbonyl (C=O) groups excluding carboxylic acids is 1. The van der Waals surface area contributed by atoms with Crippen LogP contribution in [0.1, 0.15) is 22.3 Å². The van der Waals surface area contributed by atoms with Crippen LogP contribution in [0.2, 0.25) is 0 Å². The van der Waals surface area contributed by atoms with Gasteiger partial charge in [0, 0.05) is 37.5 Å². The van der Waals surface area contributed by atoms with E-state index in [-0.39, 0.29) is 18.1 Å². The number of rotatable bonds is 2. The summed E-state index contributed by atoms with van der Waals surface area (Å²) in [7, 11) is 0. The summed E-state index contributed by atoms with van der Waals surface area (Å²) in [6, 6.07) is 6.20. The molecular weight excluding hydrogens is 320 g/mol. The maximum absolute atomic E-state index is 13.1. The minimum absolute atomic E-state index is 0.0140. The monoisotopic (exact) mass is 346 g/mol.